The van der Waals surface area contributed by atoms with Gasteiger partial charge in [0.05, 0.1) is 18.4 Å². The summed E-state index contributed by atoms with van der Waals surface area (Å²) in [6.07, 6.45) is -3.14. The Morgan fingerprint density at radius 3 is 2.12 bits per heavy atom. The van der Waals surface area contributed by atoms with Crippen LogP contribution in [0.4, 0.5) is 11.4 Å². The maximum Gasteiger partial charge on any atom is 0.303 e. The van der Waals surface area contributed by atoms with Gasteiger partial charge < -0.3 is 33.5 Å². The fourth-order valence-corrected chi connectivity index (χ4v) is 5.73. The van der Waals surface area contributed by atoms with Crippen LogP contribution in [-0.2, 0) is 54.2 Å². The molecule has 3 aromatic rings. The molecular weight excluding hydrogens is 638 g/mol. The van der Waals surface area contributed by atoms with Crippen molar-refractivity contribution in [3.05, 3.63) is 71.5 Å². The third kappa shape index (κ3) is 7.95. The first kappa shape index (κ1) is 34.8. The molecule has 0 N–H and O–H groups in total. The highest BCUT2D eigenvalue weighted by atomic mass is 16.7. The quantitative estimate of drug-likeness (QED) is 0.175. The molecule has 2 aromatic carbocycles. The summed E-state index contributed by atoms with van der Waals surface area (Å²) >= 11 is 0. The fraction of sp³-hybridized carbons (Fsp3) is 0.382. The second-order valence-electron chi connectivity index (χ2n) is 11.7. The number of carbonyl (C=O) groups is 5. The van der Waals surface area contributed by atoms with Crippen molar-refractivity contribution in [3.63, 3.8) is 0 Å². The van der Waals surface area contributed by atoms with Crippen LogP contribution < -0.4 is 9.80 Å². The second kappa shape index (κ2) is 14.7. The van der Waals surface area contributed by atoms with Crippen LogP contribution in [0.5, 0.6) is 0 Å². The minimum atomic E-state index is -1.37. The second-order valence-corrected chi connectivity index (χ2v) is 11.7. The molecule has 49 heavy (non-hydrogen) atoms. The number of esters is 4. The van der Waals surface area contributed by atoms with Gasteiger partial charge in [0.2, 0.25) is 0 Å². The van der Waals surface area contributed by atoms with Gasteiger partial charge in [-0.1, -0.05) is 35.5 Å². The van der Waals surface area contributed by atoms with Crippen LogP contribution in [0.3, 0.4) is 0 Å². The van der Waals surface area contributed by atoms with Gasteiger partial charge in [0.1, 0.15) is 18.4 Å². The number of aromatic nitrogens is 3. The van der Waals surface area contributed by atoms with Crippen molar-refractivity contribution >= 4 is 52.8 Å². The number of hydrogen-bond donors (Lipinski definition) is 0. The lowest BCUT2D eigenvalue weighted by Gasteiger charge is -2.44. The molecule has 0 radical (unpaired) electrons. The maximum absolute atomic E-state index is 13.8. The summed E-state index contributed by atoms with van der Waals surface area (Å²) in [5, 5.41) is 8.46. The molecule has 0 saturated carbocycles. The molecule has 1 amide bonds. The third-order valence-corrected chi connectivity index (χ3v) is 7.79. The van der Waals surface area contributed by atoms with E-state index in [0.717, 1.165) is 37.6 Å². The van der Waals surface area contributed by atoms with E-state index < -0.39 is 54.5 Å². The average Bonchev–Trinajstić information content (AvgIpc) is 3.60. The number of carbonyl (C=O) groups excluding carboxylic acids is 5. The molecule has 0 bridgehead atoms. The number of amides is 1. The summed E-state index contributed by atoms with van der Waals surface area (Å²) in [6.45, 7) is 4.26. The van der Waals surface area contributed by atoms with Crippen molar-refractivity contribution < 1.29 is 47.7 Å². The van der Waals surface area contributed by atoms with Crippen LogP contribution in [0.2, 0.25) is 0 Å². The Morgan fingerprint density at radius 1 is 0.857 bits per heavy atom. The first-order valence-corrected chi connectivity index (χ1v) is 15.4. The van der Waals surface area contributed by atoms with Gasteiger partial charge in [-0.3, -0.25) is 24.0 Å². The van der Waals surface area contributed by atoms with Crippen LogP contribution in [0.15, 0.2) is 54.7 Å². The lowest BCUT2D eigenvalue weighted by Crippen LogP contribution is -2.60. The molecular formula is C34H37N5O10. The number of fused-ring (bicyclic) bond motifs is 1. The van der Waals surface area contributed by atoms with Gasteiger partial charge in [0, 0.05) is 58.6 Å². The molecule has 1 fully saturated rings. The van der Waals surface area contributed by atoms with E-state index in [2.05, 4.69) is 10.3 Å². The molecule has 0 unspecified atom stereocenters. The Hall–Kier alpha value is -5.57. The molecule has 0 spiro atoms. The summed E-state index contributed by atoms with van der Waals surface area (Å²) in [5.74, 6) is -3.11. The van der Waals surface area contributed by atoms with Crippen LogP contribution >= 0.6 is 0 Å². The number of para-hydroxylation sites is 1. The van der Waals surface area contributed by atoms with Gasteiger partial charge in [0.15, 0.2) is 24.5 Å². The third-order valence-electron chi connectivity index (χ3n) is 7.79. The topological polar surface area (TPSA) is 169 Å². The van der Waals surface area contributed by atoms with E-state index in [0.29, 0.717) is 17.0 Å². The SMILES string of the molecule is CC(=O)OC[C@H]1O[C@@H](n2cc(CN3C(=O)/C(=C/c4ccc(N(C)C)cc4)c4ccccc43)nn2)[C@H](OC(C)=O)[C@@H](OC(C)=O)[C@@H]1OC(C)=O. The predicted octanol–water partition coefficient (Wildman–Crippen LogP) is 2.69. The van der Waals surface area contributed by atoms with Crippen molar-refractivity contribution in [2.24, 2.45) is 0 Å². The summed E-state index contributed by atoms with van der Waals surface area (Å²) in [7, 11) is 3.91. The van der Waals surface area contributed by atoms with Gasteiger partial charge in [-0.05, 0) is 29.8 Å². The van der Waals surface area contributed by atoms with Crippen molar-refractivity contribution in [2.75, 3.05) is 30.5 Å². The van der Waals surface area contributed by atoms with Crippen LogP contribution in [0, 0.1) is 0 Å². The number of ether oxygens (including phenoxy) is 5. The molecule has 5 rings (SSSR count). The van der Waals surface area contributed by atoms with Gasteiger partial charge >= 0.3 is 23.9 Å². The molecule has 0 aliphatic carbocycles. The average molecular weight is 676 g/mol. The molecule has 2 aliphatic heterocycles. The number of anilines is 2. The zero-order valence-electron chi connectivity index (χ0n) is 27.9. The minimum Gasteiger partial charge on any atom is -0.463 e. The Labute approximate surface area is 282 Å². The molecule has 15 nitrogen and oxygen atoms in total. The Bertz CT molecular complexity index is 1770. The molecule has 1 aromatic heterocycles. The summed E-state index contributed by atoms with van der Waals surface area (Å²) in [4.78, 5) is 65.6. The number of nitrogens with zero attached hydrogens (tertiary/aromatic N) is 5. The van der Waals surface area contributed by atoms with E-state index in [4.69, 9.17) is 23.7 Å². The van der Waals surface area contributed by atoms with Crippen LogP contribution in [-0.4, -0.2) is 89.9 Å². The van der Waals surface area contributed by atoms with E-state index in [1.54, 1.807) is 4.90 Å². The predicted molar refractivity (Wildman–Crippen MR) is 173 cm³/mol. The van der Waals surface area contributed by atoms with E-state index >= 15 is 0 Å². The summed E-state index contributed by atoms with van der Waals surface area (Å²) in [5.41, 5.74) is 4.20. The molecule has 15 heteroatoms. The molecule has 5 atom stereocenters. The molecule has 3 heterocycles. The largest absolute Gasteiger partial charge is 0.463 e. The minimum absolute atomic E-state index is 0.0258. The zero-order chi connectivity index (χ0) is 35.4. The lowest BCUT2D eigenvalue weighted by molar-refractivity contribution is -0.270. The number of benzene rings is 2. The Balaban J connectivity index is 1.46. The highest BCUT2D eigenvalue weighted by molar-refractivity contribution is 6.35. The van der Waals surface area contributed by atoms with Gasteiger partial charge in [-0.25, -0.2) is 4.68 Å². The lowest BCUT2D eigenvalue weighted by atomic mass is 9.97. The van der Waals surface area contributed by atoms with E-state index in [-0.39, 0.29) is 19.1 Å². The summed E-state index contributed by atoms with van der Waals surface area (Å²) < 4.78 is 29.1. The molecule has 2 aliphatic rings. The maximum atomic E-state index is 13.8. The fourth-order valence-electron chi connectivity index (χ4n) is 5.73. The number of rotatable bonds is 10. The Kier molecular flexibility index (Phi) is 10.4. The van der Waals surface area contributed by atoms with E-state index in [9.17, 15) is 24.0 Å². The highest BCUT2D eigenvalue weighted by Crippen LogP contribution is 2.39. The number of hydrogen-bond acceptors (Lipinski definition) is 13. The van der Waals surface area contributed by atoms with Crippen LogP contribution in [0.1, 0.15) is 50.7 Å². The van der Waals surface area contributed by atoms with Gasteiger partial charge in [0.25, 0.3) is 5.91 Å². The standard InChI is InChI=1S/C34H37N5O10/c1-19(40)45-18-29-30(46-20(2)41)31(47-21(3)42)32(48-22(4)43)34(49-29)39-17-24(35-36-39)16-38-28-10-8-7-9-26(28)27(33(38)44)15-23-11-13-25(14-12-23)37(5)6/h7-15,17,29-32,34H,16,18H2,1-6H3/b27-15+/t29-,30-,31+,32-,34-/m1/s1. The smallest absolute Gasteiger partial charge is 0.303 e. The van der Waals surface area contributed by atoms with Gasteiger partial charge in [-0.15, -0.1) is 5.10 Å². The summed E-state index contributed by atoms with van der Waals surface area (Å²) in [6, 6.07) is 15.2. The van der Waals surface area contributed by atoms with E-state index in [1.165, 1.54) is 17.8 Å². The van der Waals surface area contributed by atoms with Crippen molar-refractivity contribution in [1.29, 1.82) is 0 Å². The zero-order valence-corrected chi connectivity index (χ0v) is 27.9. The monoisotopic (exact) mass is 675 g/mol. The molecule has 1 saturated heterocycles. The first-order chi connectivity index (χ1) is 23.3. The van der Waals surface area contributed by atoms with Crippen molar-refractivity contribution in [3.8, 4) is 0 Å². The Morgan fingerprint density at radius 2 is 1.49 bits per heavy atom. The normalized spacial score (nSPS) is 22.3. The van der Waals surface area contributed by atoms with Crippen molar-refractivity contribution in [1.82, 2.24) is 15.0 Å². The first-order valence-electron chi connectivity index (χ1n) is 15.4. The van der Waals surface area contributed by atoms with Crippen molar-refractivity contribution in [2.45, 2.75) is 64.9 Å². The van der Waals surface area contributed by atoms with Gasteiger partial charge in [-0.2, -0.15) is 0 Å². The highest BCUT2D eigenvalue weighted by Gasteiger charge is 2.53. The van der Waals surface area contributed by atoms with Crippen LogP contribution in [0.25, 0.3) is 11.6 Å². The molecule has 258 valence electrons. The van der Waals surface area contributed by atoms with E-state index in [1.807, 2.05) is 73.6 Å².